The quantitative estimate of drug-likeness (QED) is 0.0698. The van der Waals surface area contributed by atoms with Crippen LogP contribution in [0.15, 0.2) is 425 Å². The van der Waals surface area contributed by atoms with Gasteiger partial charge in [0.1, 0.15) is 0 Å². The monoisotopic (exact) mass is 1900 g/mol. The Balaban J connectivity index is 0.000000126. The highest BCUT2D eigenvalue weighted by atomic mass is 15.1. The molecule has 706 valence electrons. The van der Waals surface area contributed by atoms with Gasteiger partial charge in [-0.05, 0) is 226 Å². The number of benzene rings is 16. The summed E-state index contributed by atoms with van der Waals surface area (Å²) in [5, 5.41) is 4.61. The van der Waals surface area contributed by atoms with Gasteiger partial charge in [-0.15, -0.1) is 0 Å². The molecule has 7 aromatic heterocycles. The minimum Gasteiger partial charge on any atom is -0.256 e. The third-order valence-electron chi connectivity index (χ3n) is 27.5. The topological polar surface area (TPSA) is 180 Å². The van der Waals surface area contributed by atoms with Crippen LogP contribution in [0, 0.1) is 41.5 Å². The molecule has 16 aromatic carbocycles. The van der Waals surface area contributed by atoms with E-state index in [1.165, 1.54) is 66.4 Å². The molecule has 23 aromatic rings. The number of aromatic nitrogens is 14. The van der Waals surface area contributed by atoms with Crippen molar-refractivity contribution >= 4 is 21.5 Å². The number of rotatable bonds is 19. The van der Waals surface area contributed by atoms with E-state index in [-0.39, 0.29) is 5.41 Å². The van der Waals surface area contributed by atoms with E-state index in [1.807, 2.05) is 95.4 Å². The van der Waals surface area contributed by atoms with Crippen LogP contribution in [0.1, 0.15) is 83.9 Å². The molecule has 0 radical (unpaired) electrons. The lowest BCUT2D eigenvalue weighted by Crippen LogP contribution is -2.15. The fourth-order valence-electron chi connectivity index (χ4n) is 19.4. The molecule has 1 aliphatic rings. The van der Waals surface area contributed by atoms with Crippen LogP contribution in [-0.2, 0) is 18.3 Å². The van der Waals surface area contributed by atoms with E-state index >= 15 is 0 Å². The molecule has 147 heavy (non-hydrogen) atoms. The van der Waals surface area contributed by atoms with Crippen molar-refractivity contribution in [2.24, 2.45) is 0 Å². The molecule has 14 heteroatoms. The number of hydrogen-bond donors (Lipinski definition) is 0. The lowest BCUT2D eigenvalue weighted by molar-refractivity contribution is 0.660. The van der Waals surface area contributed by atoms with E-state index in [9.17, 15) is 0 Å². The fourth-order valence-corrected chi connectivity index (χ4v) is 19.4. The third kappa shape index (κ3) is 20.2. The van der Waals surface area contributed by atoms with Gasteiger partial charge in [0.2, 0.25) is 0 Å². The molecule has 0 aliphatic heterocycles. The van der Waals surface area contributed by atoms with E-state index < -0.39 is 0 Å². The SMILES string of the molecule is CCc1ccc(-c2ccc(-c3nc(-c4ccc(-c5ccc(CC)cc5)cc4)nc(-c4ccc(-c5ccc(C)cn5)cc4)n3)cc2)cc1.Cc1cc(C)nc(-c2ccc(-c3ccc(-c4nc(-c5ccc(-c6ccccc6)cc5)nc(-c5ccc6c(c5)C(C)(C)c5ccccc5-6)n4)cc3)cc2)n1.Cc1ccc(-c2nc(-c3cc(-c4cccc(C)n4)cc(-c4cccc(C)n4)c3)nc(-c3cc4ccccc4c4ccccc34)n2)cc1. The molecule has 0 fully saturated rings. The molecular formula is C133H104N14. The number of aryl methyl sites for hydroxylation is 8. The predicted octanol–water partition coefficient (Wildman–Crippen LogP) is 32.5. The summed E-state index contributed by atoms with van der Waals surface area (Å²) in [6, 6.07) is 146. The van der Waals surface area contributed by atoms with Crippen LogP contribution in [0.2, 0.25) is 0 Å². The number of fused-ring (bicyclic) bond motifs is 6. The molecule has 0 unspecified atom stereocenters. The van der Waals surface area contributed by atoms with Crippen LogP contribution < -0.4 is 0 Å². The highest BCUT2D eigenvalue weighted by Gasteiger charge is 2.36. The first-order valence-corrected chi connectivity index (χ1v) is 50.0. The molecule has 14 nitrogen and oxygen atoms in total. The molecule has 24 rings (SSSR count). The minimum absolute atomic E-state index is 0.131. The van der Waals surface area contributed by atoms with Crippen LogP contribution in [0.25, 0.3) is 225 Å². The normalized spacial score (nSPS) is 11.7. The van der Waals surface area contributed by atoms with Gasteiger partial charge in [-0.1, -0.05) is 385 Å². The maximum atomic E-state index is 5.22. The lowest BCUT2D eigenvalue weighted by Gasteiger charge is -2.21. The first-order valence-electron chi connectivity index (χ1n) is 50.0. The zero-order valence-electron chi connectivity index (χ0n) is 83.6. The summed E-state index contributed by atoms with van der Waals surface area (Å²) in [5.41, 5.74) is 38.2. The van der Waals surface area contributed by atoms with E-state index in [2.05, 4.69) is 414 Å². The van der Waals surface area contributed by atoms with Gasteiger partial charge in [0.05, 0.1) is 17.1 Å². The van der Waals surface area contributed by atoms with Crippen molar-refractivity contribution in [3.8, 4) is 203 Å². The molecule has 0 saturated heterocycles. The Kier molecular flexibility index (Phi) is 26.0. The minimum atomic E-state index is -0.131. The molecule has 0 bridgehead atoms. The average Bonchev–Trinajstić information content (AvgIpc) is 1.03. The van der Waals surface area contributed by atoms with Gasteiger partial charge in [-0.3, -0.25) is 15.0 Å². The molecule has 0 atom stereocenters. The zero-order valence-corrected chi connectivity index (χ0v) is 83.6. The van der Waals surface area contributed by atoms with Crippen molar-refractivity contribution < 1.29 is 0 Å². The Morgan fingerprint density at radius 2 is 0.517 bits per heavy atom. The van der Waals surface area contributed by atoms with Gasteiger partial charge in [0.15, 0.2) is 58.2 Å². The highest BCUT2D eigenvalue weighted by molar-refractivity contribution is 6.13. The molecule has 1 aliphatic carbocycles. The van der Waals surface area contributed by atoms with Crippen LogP contribution in [-0.4, -0.2) is 69.8 Å². The number of nitrogens with zero attached hydrogens (tertiary/aromatic N) is 14. The maximum Gasteiger partial charge on any atom is 0.164 e. The van der Waals surface area contributed by atoms with Gasteiger partial charge in [0, 0.05) is 107 Å². The second-order valence-corrected chi connectivity index (χ2v) is 38.2. The second-order valence-electron chi connectivity index (χ2n) is 38.2. The van der Waals surface area contributed by atoms with Gasteiger partial charge in [-0.25, -0.2) is 54.8 Å². The summed E-state index contributed by atoms with van der Waals surface area (Å²) in [4.78, 5) is 69.3. The molecule has 0 saturated carbocycles. The van der Waals surface area contributed by atoms with Crippen LogP contribution in [0.5, 0.6) is 0 Å². The van der Waals surface area contributed by atoms with E-state index in [1.54, 1.807) is 0 Å². The second kappa shape index (κ2) is 40.9. The Labute approximate surface area is 857 Å². The maximum absolute atomic E-state index is 5.22. The Morgan fingerprint density at radius 1 is 0.184 bits per heavy atom. The summed E-state index contributed by atoms with van der Waals surface area (Å²) in [7, 11) is 0. The third-order valence-corrected chi connectivity index (χ3v) is 27.5. The molecular weight excluding hydrogens is 1790 g/mol. The first kappa shape index (κ1) is 93.6. The lowest BCUT2D eigenvalue weighted by atomic mass is 9.82. The summed E-state index contributed by atoms with van der Waals surface area (Å²) in [6.07, 6.45) is 3.96. The summed E-state index contributed by atoms with van der Waals surface area (Å²) >= 11 is 0. The van der Waals surface area contributed by atoms with Crippen molar-refractivity contribution in [1.82, 2.24) is 69.8 Å². The highest BCUT2D eigenvalue weighted by Crippen LogP contribution is 2.50. The van der Waals surface area contributed by atoms with Crippen molar-refractivity contribution in [3.63, 3.8) is 0 Å². The van der Waals surface area contributed by atoms with Crippen molar-refractivity contribution in [2.75, 3.05) is 0 Å². The van der Waals surface area contributed by atoms with E-state index in [0.717, 1.165) is 175 Å². The Hall–Kier alpha value is -18.4. The van der Waals surface area contributed by atoms with Crippen LogP contribution in [0.4, 0.5) is 0 Å². The molecule has 0 amide bonds. The summed E-state index contributed by atoms with van der Waals surface area (Å²) < 4.78 is 0. The van der Waals surface area contributed by atoms with Gasteiger partial charge >= 0.3 is 0 Å². The van der Waals surface area contributed by atoms with E-state index in [0.29, 0.717) is 52.4 Å². The summed E-state index contributed by atoms with van der Waals surface area (Å²) in [5.74, 6) is 6.42. The molecule has 0 spiro atoms. The van der Waals surface area contributed by atoms with Gasteiger partial charge < -0.3 is 0 Å². The zero-order chi connectivity index (χ0) is 100. The van der Waals surface area contributed by atoms with Gasteiger partial charge in [0.25, 0.3) is 0 Å². The fraction of sp³-hybridized carbons (Fsp3) is 0.0977. The number of hydrogen-bond acceptors (Lipinski definition) is 14. The first-order chi connectivity index (χ1) is 71.8. The predicted molar refractivity (Wildman–Crippen MR) is 601 cm³/mol. The van der Waals surface area contributed by atoms with Crippen LogP contribution >= 0.6 is 0 Å². The summed E-state index contributed by atoms with van der Waals surface area (Å²) in [6.45, 7) is 21.1. The largest absolute Gasteiger partial charge is 0.256 e. The Bertz CT molecular complexity index is 8610. The van der Waals surface area contributed by atoms with Crippen molar-refractivity contribution in [3.05, 3.63) is 481 Å². The van der Waals surface area contributed by atoms with Crippen molar-refractivity contribution in [2.45, 2.75) is 87.5 Å². The molecule has 0 N–H and O–H groups in total. The van der Waals surface area contributed by atoms with Crippen LogP contribution in [0.3, 0.4) is 0 Å². The van der Waals surface area contributed by atoms with E-state index in [4.69, 9.17) is 54.8 Å². The Morgan fingerprint density at radius 3 is 0.952 bits per heavy atom. The van der Waals surface area contributed by atoms with Crippen molar-refractivity contribution in [1.29, 1.82) is 0 Å². The number of pyridine rings is 3. The standard InChI is InChI=1S/C48H37N5.C43H36N4.C42H31N5/c1-30-28-31(2)50-44(49-30)36-20-16-34(17-21-36)35-18-24-38(25-19-35)46-51-45(37-22-14-33(15-23-37)32-10-6-5-7-11-32)52-47(53-46)39-26-27-41-40-12-8-9-13-42(40)48(3,4)43(41)29-39;1-4-30-7-11-32(12-8-30)34-15-21-37(22-16-34)41-45-42(38-23-17-35(18-24-38)33-13-9-31(5-2)10-14-33)47-43(46-41)39-25-19-36(20-26-39)40-27-6-29(3)28-44-40;1-26-18-20-29(21-19-26)40-45-41(47-42(46-40)37-25-30-12-4-5-13-34(30)35-14-6-7-15-36(35)37)33-23-31(38-16-8-10-27(2)43-38)22-32(24-33)39-17-9-11-28(3)44-39/h5-29H,1-4H3;6-28H,4-5H2,1-3H3;4-25H,1-3H3. The average molecular weight is 1900 g/mol. The molecule has 7 heterocycles. The smallest absolute Gasteiger partial charge is 0.164 e. The van der Waals surface area contributed by atoms with Gasteiger partial charge in [-0.2, -0.15) is 0 Å².